The van der Waals surface area contributed by atoms with Crippen molar-refractivity contribution in [3.8, 4) is 0 Å². The topological polar surface area (TPSA) is 45.5 Å². The average molecular weight is 375 g/mol. The predicted octanol–water partition coefficient (Wildman–Crippen LogP) is 4.31. The van der Waals surface area contributed by atoms with Crippen LogP contribution in [-0.4, -0.2) is 17.4 Å². The zero-order valence-electron chi connectivity index (χ0n) is 13.7. The van der Waals surface area contributed by atoms with Gasteiger partial charge >= 0.3 is 0 Å². The van der Waals surface area contributed by atoms with E-state index in [2.05, 4.69) is 22.3 Å². The van der Waals surface area contributed by atoms with E-state index in [9.17, 15) is 4.79 Å². The molecule has 0 unspecified atom stereocenters. The molecule has 1 N–H and O–H groups in total. The summed E-state index contributed by atoms with van der Waals surface area (Å²) in [5.41, 5.74) is 1.16. The van der Waals surface area contributed by atoms with Crippen LogP contribution in [0.2, 0.25) is 4.34 Å². The molecular formula is C19H19ClN2O2S. The smallest absolute Gasteiger partial charge is 0.234 e. The summed E-state index contributed by atoms with van der Waals surface area (Å²) in [4.78, 5) is 15.4. The number of rotatable bonds is 8. The fourth-order valence-electron chi connectivity index (χ4n) is 2.52. The summed E-state index contributed by atoms with van der Waals surface area (Å²) >= 11 is 7.39. The molecule has 0 aliphatic heterocycles. The lowest BCUT2D eigenvalue weighted by molar-refractivity contribution is -0.122. The van der Waals surface area contributed by atoms with Gasteiger partial charge in [0.1, 0.15) is 5.76 Å². The van der Waals surface area contributed by atoms with Crippen molar-refractivity contribution in [3.63, 3.8) is 0 Å². The van der Waals surface area contributed by atoms with Gasteiger partial charge in [0.25, 0.3) is 0 Å². The molecule has 130 valence electrons. The second-order valence-corrected chi connectivity index (χ2v) is 7.49. The zero-order chi connectivity index (χ0) is 17.5. The van der Waals surface area contributed by atoms with Crippen molar-refractivity contribution < 1.29 is 9.21 Å². The van der Waals surface area contributed by atoms with Crippen LogP contribution in [0.15, 0.2) is 65.3 Å². The Bertz CT molecular complexity index is 787. The monoisotopic (exact) mass is 374 g/mol. The fourth-order valence-corrected chi connectivity index (χ4v) is 3.55. The van der Waals surface area contributed by atoms with Gasteiger partial charge in [-0.05, 0) is 29.8 Å². The number of amides is 1. The lowest BCUT2D eigenvalue weighted by Gasteiger charge is -2.20. The van der Waals surface area contributed by atoms with Crippen LogP contribution in [-0.2, 0) is 24.4 Å². The quantitative estimate of drug-likeness (QED) is 0.639. The molecule has 3 rings (SSSR count). The molecule has 2 aromatic heterocycles. The molecule has 0 spiro atoms. The second-order valence-electron chi connectivity index (χ2n) is 5.69. The van der Waals surface area contributed by atoms with Crippen LogP contribution >= 0.6 is 22.9 Å². The Hall–Kier alpha value is -2.08. The van der Waals surface area contributed by atoms with Gasteiger partial charge in [0.05, 0.1) is 30.2 Å². The maximum Gasteiger partial charge on any atom is 0.234 e. The standard InChI is InChI=1S/C19H19ClN2O2S/c20-18-9-8-17(25-18)11-21-19(23)14-22(13-16-7-4-10-24-16)12-15-5-2-1-3-6-15/h1-10H,11-14H2,(H,21,23). The Balaban J connectivity index is 1.58. The van der Waals surface area contributed by atoms with Crippen molar-refractivity contribution in [2.24, 2.45) is 0 Å². The normalized spacial score (nSPS) is 11.0. The Kier molecular flexibility index (Phi) is 6.28. The molecule has 6 heteroatoms. The van der Waals surface area contributed by atoms with Gasteiger partial charge in [-0.1, -0.05) is 41.9 Å². The lowest BCUT2D eigenvalue weighted by Crippen LogP contribution is -2.36. The molecule has 4 nitrogen and oxygen atoms in total. The van der Waals surface area contributed by atoms with Crippen LogP contribution in [0.4, 0.5) is 0 Å². The van der Waals surface area contributed by atoms with E-state index in [0.717, 1.165) is 20.5 Å². The van der Waals surface area contributed by atoms with Crippen LogP contribution in [0.1, 0.15) is 16.2 Å². The number of thiophene rings is 1. The number of nitrogens with one attached hydrogen (secondary N) is 1. The minimum atomic E-state index is -0.0213. The Labute approximate surface area is 156 Å². The van der Waals surface area contributed by atoms with E-state index in [0.29, 0.717) is 26.2 Å². The minimum Gasteiger partial charge on any atom is -0.468 e. The number of halogens is 1. The summed E-state index contributed by atoms with van der Waals surface area (Å²) in [6, 6.07) is 17.6. The van der Waals surface area contributed by atoms with Crippen molar-refractivity contribution in [3.05, 3.63) is 81.4 Å². The number of nitrogens with zero attached hydrogens (tertiary/aromatic N) is 1. The highest BCUT2D eigenvalue weighted by Crippen LogP contribution is 2.21. The van der Waals surface area contributed by atoms with Crippen LogP contribution in [0.3, 0.4) is 0 Å². The number of carbonyl (C=O) groups is 1. The van der Waals surface area contributed by atoms with Crippen molar-refractivity contribution in [2.45, 2.75) is 19.6 Å². The molecule has 25 heavy (non-hydrogen) atoms. The first-order valence-corrected chi connectivity index (χ1v) is 9.18. The van der Waals surface area contributed by atoms with E-state index >= 15 is 0 Å². The Morgan fingerprint density at radius 2 is 1.92 bits per heavy atom. The molecule has 3 aromatic rings. The predicted molar refractivity (Wildman–Crippen MR) is 100 cm³/mol. The van der Waals surface area contributed by atoms with Gasteiger partial charge in [-0.3, -0.25) is 9.69 Å². The third-order valence-electron chi connectivity index (χ3n) is 3.66. The van der Waals surface area contributed by atoms with Crippen molar-refractivity contribution in [1.29, 1.82) is 0 Å². The molecule has 2 heterocycles. The maximum atomic E-state index is 12.3. The van der Waals surface area contributed by atoms with Gasteiger partial charge in [-0.15, -0.1) is 11.3 Å². The number of hydrogen-bond acceptors (Lipinski definition) is 4. The molecule has 1 aromatic carbocycles. The van der Waals surface area contributed by atoms with Gasteiger partial charge in [-0.2, -0.15) is 0 Å². The van der Waals surface area contributed by atoms with Gasteiger partial charge in [0.15, 0.2) is 0 Å². The van der Waals surface area contributed by atoms with Gasteiger partial charge in [-0.25, -0.2) is 0 Å². The van der Waals surface area contributed by atoms with Crippen molar-refractivity contribution in [2.75, 3.05) is 6.54 Å². The first-order chi connectivity index (χ1) is 12.2. The molecule has 0 radical (unpaired) electrons. The highest BCUT2D eigenvalue weighted by Gasteiger charge is 2.13. The van der Waals surface area contributed by atoms with E-state index in [4.69, 9.17) is 16.0 Å². The Morgan fingerprint density at radius 1 is 1.08 bits per heavy atom. The summed E-state index contributed by atoms with van der Waals surface area (Å²) in [5.74, 6) is 0.820. The SMILES string of the molecule is O=C(CN(Cc1ccccc1)Cc1ccco1)NCc1ccc(Cl)s1. The lowest BCUT2D eigenvalue weighted by atomic mass is 10.2. The van der Waals surface area contributed by atoms with Crippen molar-refractivity contribution in [1.82, 2.24) is 10.2 Å². The molecule has 0 bridgehead atoms. The number of hydrogen-bond donors (Lipinski definition) is 1. The van der Waals surface area contributed by atoms with Crippen LogP contribution in [0.25, 0.3) is 0 Å². The number of benzene rings is 1. The molecule has 0 saturated heterocycles. The fraction of sp³-hybridized carbons (Fsp3) is 0.211. The molecular weight excluding hydrogens is 356 g/mol. The summed E-state index contributed by atoms with van der Waals surface area (Å²) in [7, 11) is 0. The number of furan rings is 1. The van der Waals surface area contributed by atoms with Crippen LogP contribution in [0.5, 0.6) is 0 Å². The van der Waals surface area contributed by atoms with Crippen molar-refractivity contribution >= 4 is 28.8 Å². The van der Waals surface area contributed by atoms with E-state index < -0.39 is 0 Å². The molecule has 0 atom stereocenters. The van der Waals surface area contributed by atoms with Gasteiger partial charge < -0.3 is 9.73 Å². The van der Waals surface area contributed by atoms with Crippen LogP contribution in [0, 0.1) is 0 Å². The van der Waals surface area contributed by atoms with Crippen LogP contribution < -0.4 is 5.32 Å². The molecule has 1 amide bonds. The maximum absolute atomic E-state index is 12.3. The first-order valence-electron chi connectivity index (χ1n) is 7.98. The Morgan fingerprint density at radius 3 is 2.60 bits per heavy atom. The highest BCUT2D eigenvalue weighted by molar-refractivity contribution is 7.16. The van der Waals surface area contributed by atoms with E-state index in [1.54, 1.807) is 6.26 Å². The highest BCUT2D eigenvalue weighted by atomic mass is 35.5. The van der Waals surface area contributed by atoms with Gasteiger partial charge in [0.2, 0.25) is 5.91 Å². The van der Waals surface area contributed by atoms with E-state index in [1.807, 2.05) is 42.5 Å². The molecule has 0 fully saturated rings. The second kappa shape index (κ2) is 8.85. The summed E-state index contributed by atoms with van der Waals surface area (Å²) in [6.45, 7) is 2.06. The van der Waals surface area contributed by atoms with E-state index in [-0.39, 0.29) is 5.91 Å². The largest absolute Gasteiger partial charge is 0.468 e. The summed E-state index contributed by atoms with van der Waals surface area (Å²) < 4.78 is 6.16. The number of carbonyl (C=O) groups excluding carboxylic acids is 1. The minimum absolute atomic E-state index is 0.0213. The third-order valence-corrected chi connectivity index (χ3v) is 4.90. The first kappa shape index (κ1) is 17.7. The van der Waals surface area contributed by atoms with Gasteiger partial charge in [0, 0.05) is 11.4 Å². The average Bonchev–Trinajstić information content (AvgIpc) is 3.25. The molecule has 0 saturated carbocycles. The zero-order valence-corrected chi connectivity index (χ0v) is 15.2. The third kappa shape index (κ3) is 5.74. The summed E-state index contributed by atoms with van der Waals surface area (Å²) in [6.07, 6.45) is 1.65. The molecule has 0 aliphatic rings. The molecule has 0 aliphatic carbocycles. The van der Waals surface area contributed by atoms with E-state index in [1.165, 1.54) is 11.3 Å². The summed E-state index contributed by atoms with van der Waals surface area (Å²) in [5, 5.41) is 2.95.